The zero-order valence-electron chi connectivity index (χ0n) is 16.6. The van der Waals surface area contributed by atoms with Crippen LogP contribution in [0.4, 0.5) is 10.5 Å². The molecule has 1 aromatic rings. The van der Waals surface area contributed by atoms with E-state index in [2.05, 4.69) is 10.6 Å². The van der Waals surface area contributed by atoms with Gasteiger partial charge in [0.05, 0.1) is 19.7 Å². The van der Waals surface area contributed by atoms with Gasteiger partial charge in [-0.2, -0.15) is 0 Å². The number of aryl methyl sites for hydroxylation is 2. The molecule has 1 atom stereocenters. The number of carbonyl (C=O) groups is 3. The van der Waals surface area contributed by atoms with E-state index in [0.717, 1.165) is 16.8 Å². The first-order valence-electron chi connectivity index (χ1n) is 9.33. The summed E-state index contributed by atoms with van der Waals surface area (Å²) in [6, 6.07) is 5.81. The molecule has 1 aromatic carbocycles. The smallest absolute Gasteiger partial charge is 0.409 e. The number of Topliss-reactive ketones (excluding diaryl/α,β-unsaturated/α-hetero) is 1. The summed E-state index contributed by atoms with van der Waals surface area (Å²) in [5.74, 6) is -0.308. The topological polar surface area (TPSA) is 87.7 Å². The number of rotatable bonds is 6. The fourth-order valence-electron chi connectivity index (χ4n) is 3.37. The lowest BCUT2D eigenvalue weighted by Crippen LogP contribution is -2.65. The highest BCUT2D eigenvalue weighted by atomic mass is 16.6. The van der Waals surface area contributed by atoms with Gasteiger partial charge in [-0.05, 0) is 51.7 Å². The van der Waals surface area contributed by atoms with E-state index in [-0.39, 0.29) is 31.4 Å². The van der Waals surface area contributed by atoms with Gasteiger partial charge >= 0.3 is 6.09 Å². The molecule has 1 aliphatic heterocycles. The van der Waals surface area contributed by atoms with Crippen molar-refractivity contribution in [2.24, 2.45) is 0 Å². The lowest BCUT2D eigenvalue weighted by molar-refractivity contribution is -0.125. The number of nitrogens with one attached hydrogen (secondary N) is 2. The molecule has 0 aromatic heterocycles. The molecule has 1 saturated heterocycles. The molecule has 0 bridgehead atoms. The number of anilines is 1. The normalized spacial score (nSPS) is 19.5. The minimum atomic E-state index is -1.04. The van der Waals surface area contributed by atoms with Gasteiger partial charge in [0.25, 0.3) is 0 Å². The van der Waals surface area contributed by atoms with Crippen LogP contribution in [0.5, 0.6) is 0 Å². The van der Waals surface area contributed by atoms with E-state index in [1.165, 1.54) is 11.8 Å². The summed E-state index contributed by atoms with van der Waals surface area (Å²) >= 11 is 0. The molecule has 7 nitrogen and oxygen atoms in total. The summed E-state index contributed by atoms with van der Waals surface area (Å²) < 4.78 is 5.10. The molecule has 2 rings (SSSR count). The Labute approximate surface area is 160 Å². The van der Waals surface area contributed by atoms with Crippen LogP contribution in [0.25, 0.3) is 0 Å². The van der Waals surface area contributed by atoms with Gasteiger partial charge in [-0.3, -0.25) is 14.9 Å². The first-order chi connectivity index (χ1) is 12.8. The number of hydrogen-bond acceptors (Lipinski definition) is 5. The molecule has 148 valence electrons. The molecule has 1 unspecified atom stereocenters. The number of para-hydroxylation sites is 1. The third-order valence-electron chi connectivity index (χ3n) is 4.85. The van der Waals surface area contributed by atoms with Gasteiger partial charge in [0.2, 0.25) is 5.91 Å². The zero-order chi connectivity index (χ0) is 20.0. The molecule has 1 fully saturated rings. The maximum atomic E-state index is 13.3. The number of carbonyl (C=O) groups excluding carboxylic acids is 3. The number of likely N-dealkylation sites (tertiary alicyclic amines) is 1. The summed E-state index contributed by atoms with van der Waals surface area (Å²) in [5.41, 5.74) is 1.65. The number of amides is 2. The Hall–Kier alpha value is -2.41. The van der Waals surface area contributed by atoms with E-state index < -0.39 is 11.6 Å². The minimum Gasteiger partial charge on any atom is -0.450 e. The highest BCUT2D eigenvalue weighted by Crippen LogP contribution is 2.26. The van der Waals surface area contributed by atoms with Crippen molar-refractivity contribution in [2.75, 3.05) is 31.6 Å². The van der Waals surface area contributed by atoms with Crippen molar-refractivity contribution in [1.29, 1.82) is 0 Å². The Bertz CT molecular complexity index is 699. The third-order valence-corrected chi connectivity index (χ3v) is 4.85. The molecule has 0 radical (unpaired) electrons. The molecule has 0 saturated carbocycles. The van der Waals surface area contributed by atoms with E-state index >= 15 is 0 Å². The number of ketones is 1. The van der Waals surface area contributed by atoms with Gasteiger partial charge in [0.1, 0.15) is 11.3 Å². The molecule has 7 heteroatoms. The quantitative estimate of drug-likeness (QED) is 0.797. The Morgan fingerprint density at radius 3 is 2.48 bits per heavy atom. The van der Waals surface area contributed by atoms with Crippen molar-refractivity contribution < 1.29 is 19.1 Å². The van der Waals surface area contributed by atoms with Gasteiger partial charge < -0.3 is 15.0 Å². The van der Waals surface area contributed by atoms with E-state index in [0.29, 0.717) is 19.4 Å². The van der Waals surface area contributed by atoms with Crippen LogP contribution in [0.15, 0.2) is 18.2 Å². The lowest BCUT2D eigenvalue weighted by atomic mass is 9.87. The number of hydrogen-bond donors (Lipinski definition) is 2. The number of nitrogens with zero attached hydrogens (tertiary/aromatic N) is 1. The fraction of sp³-hybridized carbons (Fsp3) is 0.550. The molecule has 0 aliphatic carbocycles. The van der Waals surface area contributed by atoms with E-state index in [1.54, 1.807) is 6.92 Å². The van der Waals surface area contributed by atoms with Crippen LogP contribution in [-0.2, 0) is 14.3 Å². The van der Waals surface area contributed by atoms with Crippen LogP contribution >= 0.6 is 0 Å². The monoisotopic (exact) mass is 375 g/mol. The van der Waals surface area contributed by atoms with Crippen LogP contribution in [-0.4, -0.2) is 54.5 Å². The second kappa shape index (κ2) is 8.99. The van der Waals surface area contributed by atoms with Gasteiger partial charge in [0, 0.05) is 12.2 Å². The van der Waals surface area contributed by atoms with Gasteiger partial charge in [-0.1, -0.05) is 18.2 Å². The highest BCUT2D eigenvalue weighted by molar-refractivity contribution is 6.00. The van der Waals surface area contributed by atoms with E-state index in [9.17, 15) is 14.4 Å². The SMILES string of the molecule is CCOC(=O)N1CCCC(NCC(C)=O)(C(=O)Nc2c(C)cccc2C)C1. The van der Waals surface area contributed by atoms with Crippen LogP contribution in [0.1, 0.15) is 37.8 Å². The zero-order valence-corrected chi connectivity index (χ0v) is 16.6. The molecule has 27 heavy (non-hydrogen) atoms. The number of piperidine rings is 1. The Balaban J connectivity index is 2.28. The predicted molar refractivity (Wildman–Crippen MR) is 104 cm³/mol. The molecule has 1 heterocycles. The lowest BCUT2D eigenvalue weighted by Gasteiger charge is -2.41. The van der Waals surface area contributed by atoms with Crippen molar-refractivity contribution in [3.05, 3.63) is 29.3 Å². The van der Waals surface area contributed by atoms with Gasteiger partial charge in [0.15, 0.2) is 0 Å². The Morgan fingerprint density at radius 1 is 1.22 bits per heavy atom. The van der Waals surface area contributed by atoms with Crippen molar-refractivity contribution in [3.63, 3.8) is 0 Å². The molecule has 2 N–H and O–H groups in total. The summed E-state index contributed by atoms with van der Waals surface area (Å²) in [7, 11) is 0. The standard InChI is InChI=1S/C20H29N3O4/c1-5-27-19(26)23-11-7-10-20(13-23,21-12-16(4)24)18(25)22-17-14(2)8-6-9-15(17)3/h6,8-9,21H,5,7,10-13H2,1-4H3,(H,22,25). The average molecular weight is 375 g/mol. The van der Waals surface area contributed by atoms with Crippen LogP contribution in [0.3, 0.4) is 0 Å². The second-order valence-electron chi connectivity index (χ2n) is 7.08. The Kier molecular flexibility index (Phi) is 6.96. The Morgan fingerprint density at radius 2 is 1.89 bits per heavy atom. The summed E-state index contributed by atoms with van der Waals surface area (Å²) in [6.07, 6.45) is 0.739. The third kappa shape index (κ3) is 5.07. The number of benzene rings is 1. The van der Waals surface area contributed by atoms with Gasteiger partial charge in [-0.25, -0.2) is 4.79 Å². The van der Waals surface area contributed by atoms with Crippen molar-refractivity contribution in [3.8, 4) is 0 Å². The predicted octanol–water partition coefficient (Wildman–Crippen LogP) is 2.41. The minimum absolute atomic E-state index is 0.0663. The molecular weight excluding hydrogens is 346 g/mol. The van der Waals surface area contributed by atoms with Crippen molar-refractivity contribution in [2.45, 2.75) is 46.1 Å². The molecule has 1 aliphatic rings. The first-order valence-corrected chi connectivity index (χ1v) is 9.33. The van der Waals surface area contributed by atoms with Crippen LogP contribution in [0.2, 0.25) is 0 Å². The van der Waals surface area contributed by atoms with Crippen LogP contribution < -0.4 is 10.6 Å². The summed E-state index contributed by atoms with van der Waals surface area (Å²) in [4.78, 5) is 38.5. The second-order valence-corrected chi connectivity index (χ2v) is 7.08. The largest absolute Gasteiger partial charge is 0.450 e. The maximum absolute atomic E-state index is 13.3. The van der Waals surface area contributed by atoms with Crippen LogP contribution in [0, 0.1) is 13.8 Å². The molecule has 0 spiro atoms. The average Bonchev–Trinajstić information content (AvgIpc) is 2.63. The highest BCUT2D eigenvalue weighted by Gasteiger charge is 2.44. The maximum Gasteiger partial charge on any atom is 0.409 e. The van der Waals surface area contributed by atoms with E-state index in [4.69, 9.17) is 4.74 Å². The van der Waals surface area contributed by atoms with Crippen molar-refractivity contribution >= 4 is 23.5 Å². The van der Waals surface area contributed by atoms with Crippen molar-refractivity contribution in [1.82, 2.24) is 10.2 Å². The van der Waals surface area contributed by atoms with Gasteiger partial charge in [-0.15, -0.1) is 0 Å². The summed E-state index contributed by atoms with van der Waals surface area (Å²) in [6.45, 7) is 8.12. The van der Waals surface area contributed by atoms with E-state index in [1.807, 2.05) is 32.0 Å². The molecule has 2 amide bonds. The first kappa shape index (κ1) is 20.9. The molecular formula is C20H29N3O4. The summed E-state index contributed by atoms with van der Waals surface area (Å²) in [5, 5.41) is 6.12. The fourth-order valence-corrected chi connectivity index (χ4v) is 3.37. The number of ether oxygens (including phenoxy) is 1.